The van der Waals surface area contributed by atoms with E-state index in [0.717, 1.165) is 6.54 Å². The highest BCUT2D eigenvalue weighted by atomic mass is 16.5. The molecule has 0 radical (unpaired) electrons. The Bertz CT molecular complexity index is 173. The maximum Gasteiger partial charge on any atom is 0.236 e. The number of aliphatic imine (C=N–C) groups is 1. The van der Waals surface area contributed by atoms with Crippen molar-refractivity contribution in [2.75, 3.05) is 13.7 Å². The summed E-state index contributed by atoms with van der Waals surface area (Å²) in [6.45, 7) is 9.96. The summed E-state index contributed by atoms with van der Waals surface area (Å²) in [5, 5.41) is 2.98. The number of nitrogens with one attached hydrogen (secondary N) is 1. The maximum absolute atomic E-state index is 4.92. The van der Waals surface area contributed by atoms with Crippen LogP contribution in [0.15, 0.2) is 30.0 Å². The van der Waals surface area contributed by atoms with E-state index in [4.69, 9.17) is 4.74 Å². The molecule has 0 aromatic carbocycles. The number of likely N-dealkylation sites (N-methyl/N-ethyl adjacent to an activating group) is 1. The molecule has 0 aliphatic carbocycles. The summed E-state index contributed by atoms with van der Waals surface area (Å²) >= 11 is 0. The van der Waals surface area contributed by atoms with E-state index in [9.17, 15) is 0 Å². The minimum Gasteiger partial charge on any atom is -0.480 e. The van der Waals surface area contributed by atoms with Crippen LogP contribution in [0.3, 0.4) is 0 Å². The van der Waals surface area contributed by atoms with Gasteiger partial charge in [0.15, 0.2) is 0 Å². The lowest BCUT2D eigenvalue weighted by molar-refractivity contribution is 0.400. The largest absolute Gasteiger partial charge is 0.480 e. The van der Waals surface area contributed by atoms with Gasteiger partial charge in [0.25, 0.3) is 0 Å². The Morgan fingerprint density at radius 3 is 2.73 bits per heavy atom. The molecule has 0 unspecified atom stereocenters. The van der Waals surface area contributed by atoms with Crippen LogP contribution in [0.2, 0.25) is 0 Å². The fourth-order valence-electron chi connectivity index (χ4n) is 0.626. The Morgan fingerprint density at radius 2 is 2.36 bits per heavy atom. The lowest BCUT2D eigenvalue weighted by Gasteiger charge is -2.07. The zero-order valence-electron chi connectivity index (χ0n) is 7.05. The average molecular weight is 154 g/mol. The van der Waals surface area contributed by atoms with Gasteiger partial charge >= 0.3 is 0 Å². The number of hydrogen-bond acceptors (Lipinski definition) is 3. The van der Waals surface area contributed by atoms with Crippen LogP contribution < -0.4 is 5.32 Å². The lowest BCUT2D eigenvalue weighted by Crippen LogP contribution is -2.20. The highest BCUT2D eigenvalue weighted by molar-refractivity contribution is 5.92. The molecule has 0 spiro atoms. The quantitative estimate of drug-likeness (QED) is 0.489. The highest BCUT2D eigenvalue weighted by Crippen LogP contribution is 1.91. The molecule has 11 heavy (non-hydrogen) atoms. The molecule has 62 valence electrons. The fourth-order valence-corrected chi connectivity index (χ4v) is 0.626. The van der Waals surface area contributed by atoms with Gasteiger partial charge in [0.05, 0.1) is 12.8 Å². The Morgan fingerprint density at radius 1 is 1.73 bits per heavy atom. The van der Waals surface area contributed by atoms with Crippen LogP contribution in [0.25, 0.3) is 0 Å². The number of ether oxygens (including phenoxy) is 1. The number of hydrogen-bond donors (Lipinski definition) is 1. The minimum absolute atomic E-state index is 0.474. The molecule has 0 rings (SSSR count). The van der Waals surface area contributed by atoms with E-state index in [0.29, 0.717) is 11.6 Å². The highest BCUT2D eigenvalue weighted by Gasteiger charge is 2.00. The summed E-state index contributed by atoms with van der Waals surface area (Å²) in [5.41, 5.74) is 0.676. The minimum atomic E-state index is 0.474. The lowest BCUT2D eigenvalue weighted by atomic mass is 10.4. The van der Waals surface area contributed by atoms with Crippen LogP contribution in [-0.4, -0.2) is 19.6 Å². The van der Waals surface area contributed by atoms with Crippen molar-refractivity contribution < 1.29 is 4.74 Å². The number of nitrogens with zero attached hydrogens (tertiary/aromatic N) is 1. The van der Waals surface area contributed by atoms with Crippen molar-refractivity contribution in [1.29, 1.82) is 0 Å². The second kappa shape index (κ2) is 5.53. The molecule has 0 fully saturated rings. The Balaban J connectivity index is 4.13. The predicted octanol–water partition coefficient (Wildman–Crippen LogP) is 1.30. The van der Waals surface area contributed by atoms with E-state index >= 15 is 0 Å². The number of rotatable bonds is 4. The summed E-state index contributed by atoms with van der Waals surface area (Å²) in [6, 6.07) is 0. The third kappa shape index (κ3) is 3.45. The first-order valence-corrected chi connectivity index (χ1v) is 3.42. The third-order valence-electron chi connectivity index (χ3n) is 1.05. The van der Waals surface area contributed by atoms with Gasteiger partial charge in [-0.3, -0.25) is 0 Å². The van der Waals surface area contributed by atoms with Gasteiger partial charge in [-0.2, -0.15) is 0 Å². The zero-order chi connectivity index (χ0) is 8.69. The molecule has 0 aromatic rings. The van der Waals surface area contributed by atoms with Crippen LogP contribution in [0, 0.1) is 0 Å². The van der Waals surface area contributed by atoms with E-state index in [1.165, 1.54) is 6.20 Å². The summed E-state index contributed by atoms with van der Waals surface area (Å²) in [7, 11) is 1.55. The van der Waals surface area contributed by atoms with Gasteiger partial charge in [-0.05, 0) is 6.92 Å². The molecule has 0 saturated carbocycles. The number of methoxy groups -OCH3 is 1. The molecule has 0 aliphatic rings. The summed E-state index contributed by atoms with van der Waals surface area (Å²) < 4.78 is 4.92. The maximum atomic E-state index is 4.92. The summed E-state index contributed by atoms with van der Waals surface area (Å²) in [5.74, 6) is 0.474. The van der Waals surface area contributed by atoms with Crippen LogP contribution in [-0.2, 0) is 4.74 Å². The van der Waals surface area contributed by atoms with Crippen molar-refractivity contribution >= 4 is 5.90 Å². The van der Waals surface area contributed by atoms with Gasteiger partial charge in [-0.25, -0.2) is 4.99 Å². The first kappa shape index (κ1) is 9.75. The van der Waals surface area contributed by atoms with Crippen LogP contribution >= 0.6 is 0 Å². The van der Waals surface area contributed by atoms with E-state index in [1.54, 1.807) is 7.11 Å². The van der Waals surface area contributed by atoms with E-state index < -0.39 is 0 Å². The molecule has 3 heteroatoms. The molecule has 1 N–H and O–H groups in total. The predicted molar refractivity (Wildman–Crippen MR) is 47.5 cm³/mol. The third-order valence-corrected chi connectivity index (χ3v) is 1.05. The van der Waals surface area contributed by atoms with Crippen LogP contribution in [0.4, 0.5) is 0 Å². The Labute approximate surface area is 67.5 Å². The van der Waals surface area contributed by atoms with E-state index in [1.807, 2.05) is 6.92 Å². The molecule has 3 nitrogen and oxygen atoms in total. The fraction of sp³-hybridized carbons (Fsp3) is 0.375. The molecule has 0 heterocycles. The van der Waals surface area contributed by atoms with Crippen molar-refractivity contribution in [2.45, 2.75) is 6.92 Å². The van der Waals surface area contributed by atoms with Crippen molar-refractivity contribution in [3.8, 4) is 0 Å². The van der Waals surface area contributed by atoms with Gasteiger partial charge in [-0.1, -0.05) is 13.2 Å². The second-order valence-electron chi connectivity index (χ2n) is 1.83. The molecule has 0 aromatic heterocycles. The molecule has 0 atom stereocenters. The normalized spacial score (nSPS) is 10.5. The first-order valence-electron chi connectivity index (χ1n) is 3.42. The summed E-state index contributed by atoms with van der Waals surface area (Å²) in [4.78, 5) is 3.86. The average Bonchev–Trinajstić information content (AvgIpc) is 2.00. The first-order chi connectivity index (χ1) is 5.26. The Hall–Kier alpha value is -1.25. The monoisotopic (exact) mass is 154 g/mol. The van der Waals surface area contributed by atoms with Crippen molar-refractivity contribution in [1.82, 2.24) is 5.32 Å². The molecule has 0 saturated heterocycles. The summed E-state index contributed by atoms with van der Waals surface area (Å²) in [6.07, 6.45) is 1.42. The van der Waals surface area contributed by atoms with Gasteiger partial charge in [0, 0.05) is 12.7 Å². The molecular weight excluding hydrogens is 140 g/mol. The molecular formula is C8H14N2O. The van der Waals surface area contributed by atoms with E-state index in [-0.39, 0.29) is 0 Å². The van der Waals surface area contributed by atoms with Crippen LogP contribution in [0.5, 0.6) is 0 Å². The van der Waals surface area contributed by atoms with Gasteiger partial charge in [0.1, 0.15) is 0 Å². The van der Waals surface area contributed by atoms with Crippen molar-refractivity contribution in [3.05, 3.63) is 25.1 Å². The smallest absolute Gasteiger partial charge is 0.236 e. The molecule has 0 amide bonds. The molecule has 0 bridgehead atoms. The zero-order valence-corrected chi connectivity index (χ0v) is 7.05. The van der Waals surface area contributed by atoms with Gasteiger partial charge in [0.2, 0.25) is 5.90 Å². The van der Waals surface area contributed by atoms with E-state index in [2.05, 4.69) is 23.5 Å². The van der Waals surface area contributed by atoms with Gasteiger partial charge < -0.3 is 10.1 Å². The van der Waals surface area contributed by atoms with Crippen LogP contribution in [0.1, 0.15) is 6.92 Å². The van der Waals surface area contributed by atoms with Crippen molar-refractivity contribution in [2.24, 2.45) is 4.99 Å². The SMILES string of the molecule is C=CN=C(OC)C(=C)NCC. The standard InChI is InChI=1S/C8H14N2O/c1-5-9-7(3)8(11-4)10-6-2/h6,9H,2-3,5H2,1,4H3. The molecule has 0 aliphatic heterocycles. The Kier molecular flexibility index (Phi) is 4.90. The topological polar surface area (TPSA) is 33.6 Å². The van der Waals surface area contributed by atoms with Gasteiger partial charge in [-0.15, -0.1) is 0 Å². The second-order valence-corrected chi connectivity index (χ2v) is 1.83. The van der Waals surface area contributed by atoms with Crippen molar-refractivity contribution in [3.63, 3.8) is 0 Å².